The average Bonchev–Trinajstić information content (AvgIpc) is 2.71. The molecule has 0 N–H and O–H groups in total. The molecule has 0 aromatic carbocycles. The molecule has 0 saturated heterocycles. The first kappa shape index (κ1) is 14.7. The van der Waals surface area contributed by atoms with Gasteiger partial charge in [0.1, 0.15) is 5.76 Å². The van der Waals surface area contributed by atoms with Crippen molar-refractivity contribution in [3.05, 3.63) is 27.7 Å². The first-order valence-electron chi connectivity index (χ1n) is 5.25. The van der Waals surface area contributed by atoms with Crippen molar-refractivity contribution in [1.29, 1.82) is 0 Å². The molecule has 1 aromatic rings. The smallest absolute Gasteiger partial charge is 0.331 e. The fraction of sp³-hybridized carbons (Fsp3) is 0.333. The van der Waals surface area contributed by atoms with Gasteiger partial charge in [0, 0.05) is 20.2 Å². The SMILES string of the molecule is CC(OC(=O)/C=C/c1ccc(I)o1)C(=O)N(C)C. The van der Waals surface area contributed by atoms with E-state index >= 15 is 0 Å². The van der Waals surface area contributed by atoms with E-state index in [-0.39, 0.29) is 5.91 Å². The molecule has 0 spiro atoms. The van der Waals surface area contributed by atoms with Gasteiger partial charge in [-0.25, -0.2) is 4.79 Å². The molecule has 5 nitrogen and oxygen atoms in total. The monoisotopic (exact) mass is 363 g/mol. The molecule has 1 amide bonds. The zero-order valence-electron chi connectivity index (χ0n) is 10.3. The van der Waals surface area contributed by atoms with Gasteiger partial charge in [0.25, 0.3) is 5.91 Å². The highest BCUT2D eigenvalue weighted by Crippen LogP contribution is 2.11. The molecule has 0 aliphatic heterocycles. The Bertz CT molecular complexity index is 464. The standard InChI is InChI=1S/C12H14INO4/c1-8(12(16)14(2)3)17-11(15)7-5-9-4-6-10(13)18-9/h4-8H,1-3H3/b7-5+. The van der Waals surface area contributed by atoms with Crippen molar-refractivity contribution in [2.75, 3.05) is 14.1 Å². The van der Waals surface area contributed by atoms with Crippen molar-refractivity contribution in [2.24, 2.45) is 0 Å². The van der Waals surface area contributed by atoms with Crippen LogP contribution in [0.3, 0.4) is 0 Å². The molecule has 18 heavy (non-hydrogen) atoms. The third-order valence-corrected chi connectivity index (χ3v) is 2.64. The van der Waals surface area contributed by atoms with Gasteiger partial charge in [0.15, 0.2) is 9.87 Å². The van der Waals surface area contributed by atoms with Gasteiger partial charge in [0.2, 0.25) is 0 Å². The molecule has 1 heterocycles. The van der Waals surface area contributed by atoms with Gasteiger partial charge in [-0.05, 0) is 47.7 Å². The molecule has 0 radical (unpaired) electrons. The van der Waals surface area contributed by atoms with Crippen LogP contribution in [0, 0.1) is 3.77 Å². The Kier molecular flexibility index (Phi) is 5.39. The third-order valence-electron chi connectivity index (χ3n) is 2.06. The molecule has 0 fully saturated rings. The van der Waals surface area contributed by atoms with E-state index in [0.29, 0.717) is 5.76 Å². The van der Waals surface area contributed by atoms with Gasteiger partial charge in [-0.1, -0.05) is 0 Å². The van der Waals surface area contributed by atoms with E-state index in [2.05, 4.69) is 0 Å². The summed E-state index contributed by atoms with van der Waals surface area (Å²) >= 11 is 2.03. The lowest BCUT2D eigenvalue weighted by Crippen LogP contribution is -2.34. The van der Waals surface area contributed by atoms with Crippen LogP contribution < -0.4 is 0 Å². The lowest BCUT2D eigenvalue weighted by molar-refractivity contribution is -0.153. The quantitative estimate of drug-likeness (QED) is 0.466. The van der Waals surface area contributed by atoms with Crippen molar-refractivity contribution < 1.29 is 18.7 Å². The summed E-state index contributed by atoms with van der Waals surface area (Å²) < 4.78 is 10.9. The highest BCUT2D eigenvalue weighted by molar-refractivity contribution is 14.1. The van der Waals surface area contributed by atoms with E-state index in [4.69, 9.17) is 9.15 Å². The van der Waals surface area contributed by atoms with Crippen LogP contribution in [-0.4, -0.2) is 37.0 Å². The number of furan rings is 1. The number of nitrogens with zero attached hydrogens (tertiary/aromatic N) is 1. The minimum absolute atomic E-state index is 0.260. The molecule has 1 rings (SSSR count). The van der Waals surface area contributed by atoms with Gasteiger partial charge in [-0.2, -0.15) is 0 Å². The first-order valence-corrected chi connectivity index (χ1v) is 6.33. The maximum Gasteiger partial charge on any atom is 0.331 e. The summed E-state index contributed by atoms with van der Waals surface area (Å²) in [6.45, 7) is 1.53. The number of hydrogen-bond acceptors (Lipinski definition) is 4. The Morgan fingerprint density at radius 1 is 1.44 bits per heavy atom. The van der Waals surface area contributed by atoms with Gasteiger partial charge in [-0.15, -0.1) is 0 Å². The second-order valence-corrected chi connectivity index (χ2v) is 4.85. The minimum Gasteiger partial charge on any atom is -0.451 e. The summed E-state index contributed by atoms with van der Waals surface area (Å²) in [7, 11) is 3.21. The summed E-state index contributed by atoms with van der Waals surface area (Å²) in [5.41, 5.74) is 0. The minimum atomic E-state index is -0.797. The van der Waals surface area contributed by atoms with Crippen LogP contribution in [0.4, 0.5) is 0 Å². The van der Waals surface area contributed by atoms with Crippen molar-refractivity contribution in [3.63, 3.8) is 0 Å². The number of ether oxygens (including phenoxy) is 1. The van der Waals surface area contributed by atoms with E-state index in [1.54, 1.807) is 26.2 Å². The van der Waals surface area contributed by atoms with Crippen molar-refractivity contribution in [2.45, 2.75) is 13.0 Å². The molecule has 98 valence electrons. The number of carbonyl (C=O) groups excluding carboxylic acids is 2. The Hall–Kier alpha value is -1.31. The Morgan fingerprint density at radius 3 is 2.61 bits per heavy atom. The summed E-state index contributed by atoms with van der Waals surface area (Å²) in [5.74, 6) is -0.281. The molecule has 0 bridgehead atoms. The molecule has 1 unspecified atom stereocenters. The largest absolute Gasteiger partial charge is 0.451 e. The van der Waals surface area contributed by atoms with Crippen LogP contribution >= 0.6 is 22.6 Å². The van der Waals surface area contributed by atoms with Crippen molar-refractivity contribution >= 4 is 40.5 Å². The predicted molar refractivity (Wildman–Crippen MR) is 74.7 cm³/mol. The second-order valence-electron chi connectivity index (χ2n) is 3.79. The van der Waals surface area contributed by atoms with Crippen LogP contribution in [0.2, 0.25) is 0 Å². The average molecular weight is 363 g/mol. The Morgan fingerprint density at radius 2 is 2.11 bits per heavy atom. The second kappa shape index (κ2) is 6.58. The Labute approximate surface area is 119 Å². The zero-order valence-corrected chi connectivity index (χ0v) is 12.5. The van der Waals surface area contributed by atoms with E-state index in [0.717, 1.165) is 3.77 Å². The molecular formula is C12H14INO4. The number of carbonyl (C=O) groups is 2. The maximum atomic E-state index is 11.5. The van der Waals surface area contributed by atoms with Gasteiger partial charge >= 0.3 is 5.97 Å². The topological polar surface area (TPSA) is 59.8 Å². The lowest BCUT2D eigenvalue weighted by atomic mass is 10.3. The van der Waals surface area contributed by atoms with Crippen LogP contribution in [0.15, 0.2) is 22.6 Å². The summed E-state index contributed by atoms with van der Waals surface area (Å²) in [4.78, 5) is 24.3. The van der Waals surface area contributed by atoms with Crippen LogP contribution in [-0.2, 0) is 14.3 Å². The van der Waals surface area contributed by atoms with Crippen LogP contribution in [0.25, 0.3) is 6.08 Å². The number of amides is 1. The molecule has 0 aliphatic rings. The van der Waals surface area contributed by atoms with Gasteiger partial charge < -0.3 is 14.1 Å². The fourth-order valence-electron chi connectivity index (χ4n) is 1.20. The molecule has 1 aromatic heterocycles. The lowest BCUT2D eigenvalue weighted by Gasteiger charge is -2.16. The highest BCUT2D eigenvalue weighted by Gasteiger charge is 2.17. The molecule has 6 heteroatoms. The number of halogens is 1. The number of hydrogen-bond donors (Lipinski definition) is 0. The van der Waals surface area contributed by atoms with E-state index in [1.165, 1.54) is 24.0 Å². The number of esters is 1. The maximum absolute atomic E-state index is 11.5. The highest BCUT2D eigenvalue weighted by atomic mass is 127. The number of rotatable bonds is 4. The van der Waals surface area contributed by atoms with Crippen molar-refractivity contribution in [3.8, 4) is 0 Å². The Balaban J connectivity index is 2.51. The third kappa shape index (κ3) is 4.52. The van der Waals surface area contributed by atoms with Crippen LogP contribution in [0.5, 0.6) is 0 Å². The molecule has 1 atom stereocenters. The summed E-state index contributed by atoms with van der Waals surface area (Å²) in [6, 6.07) is 3.52. The normalized spacial score (nSPS) is 12.4. The van der Waals surface area contributed by atoms with E-state index < -0.39 is 12.1 Å². The molecule has 0 saturated carbocycles. The predicted octanol–water partition coefficient (Wildman–Crippen LogP) is 1.92. The van der Waals surface area contributed by atoms with Crippen molar-refractivity contribution in [1.82, 2.24) is 4.90 Å². The first-order chi connectivity index (χ1) is 8.40. The molecule has 0 aliphatic carbocycles. The van der Waals surface area contributed by atoms with Gasteiger partial charge in [0.05, 0.1) is 0 Å². The fourth-order valence-corrected chi connectivity index (χ4v) is 1.63. The number of likely N-dealkylation sites (N-methyl/N-ethyl adjacent to an activating group) is 1. The molecular weight excluding hydrogens is 349 g/mol. The van der Waals surface area contributed by atoms with Gasteiger partial charge in [-0.3, -0.25) is 4.79 Å². The van der Waals surface area contributed by atoms with E-state index in [1.807, 2.05) is 22.6 Å². The zero-order chi connectivity index (χ0) is 13.7. The van der Waals surface area contributed by atoms with Crippen LogP contribution in [0.1, 0.15) is 12.7 Å². The van der Waals surface area contributed by atoms with E-state index in [9.17, 15) is 9.59 Å². The summed E-state index contributed by atoms with van der Waals surface area (Å²) in [5, 5.41) is 0. The summed E-state index contributed by atoms with van der Waals surface area (Å²) in [6.07, 6.45) is 1.93.